The van der Waals surface area contributed by atoms with E-state index >= 15 is 0 Å². The summed E-state index contributed by atoms with van der Waals surface area (Å²) in [5.74, 6) is -2.88. The van der Waals surface area contributed by atoms with Crippen molar-refractivity contribution in [3.05, 3.63) is 0 Å². The Kier molecular flexibility index (Phi) is 1.70. The number of hydrogen-bond donors (Lipinski definition) is 1. The summed E-state index contributed by atoms with van der Waals surface area (Å²) in [5, 5.41) is 2.66. The van der Waals surface area contributed by atoms with Crippen LogP contribution >= 0.6 is 0 Å². The molecular weight excluding hydrogens is 124 g/mol. The Morgan fingerprint density at radius 1 is 1.67 bits per heavy atom. The molecule has 0 saturated carbocycles. The van der Waals surface area contributed by atoms with Crippen LogP contribution in [-0.2, 0) is 0 Å². The molecule has 54 valence electrons. The first-order valence-electron chi connectivity index (χ1n) is 3.25. The molecule has 9 heavy (non-hydrogen) atoms. The van der Waals surface area contributed by atoms with E-state index in [0.717, 1.165) is 0 Å². The predicted molar refractivity (Wildman–Crippen MR) is 31.6 cm³/mol. The van der Waals surface area contributed by atoms with Gasteiger partial charge in [-0.25, -0.2) is 8.78 Å². The lowest BCUT2D eigenvalue weighted by Crippen LogP contribution is -2.26. The SMILES string of the molecule is CCC1CNCC1(F)F. The van der Waals surface area contributed by atoms with E-state index in [2.05, 4.69) is 5.32 Å². The summed E-state index contributed by atoms with van der Waals surface area (Å²) in [4.78, 5) is 0. The Hall–Kier alpha value is -0.180. The molecule has 1 nitrogen and oxygen atoms in total. The molecule has 1 fully saturated rings. The van der Waals surface area contributed by atoms with E-state index in [1.54, 1.807) is 6.92 Å². The second-order valence-corrected chi connectivity index (χ2v) is 2.50. The number of hydrogen-bond acceptors (Lipinski definition) is 1. The van der Waals surface area contributed by atoms with Gasteiger partial charge < -0.3 is 5.32 Å². The first kappa shape index (κ1) is 6.93. The molecule has 0 aromatic carbocycles. The minimum absolute atomic E-state index is 0.133. The predicted octanol–water partition coefficient (Wildman–Crippen LogP) is 1.25. The Labute approximate surface area is 53.4 Å². The van der Waals surface area contributed by atoms with Gasteiger partial charge in [0.25, 0.3) is 5.92 Å². The third-order valence-electron chi connectivity index (χ3n) is 1.84. The molecule has 0 amide bonds. The summed E-state index contributed by atoms with van der Waals surface area (Å²) in [7, 11) is 0. The Bertz CT molecular complexity index is 103. The van der Waals surface area contributed by atoms with Crippen molar-refractivity contribution in [1.82, 2.24) is 5.32 Å². The van der Waals surface area contributed by atoms with Crippen molar-refractivity contribution in [1.29, 1.82) is 0 Å². The van der Waals surface area contributed by atoms with Crippen LogP contribution in [0.2, 0.25) is 0 Å². The first-order chi connectivity index (χ1) is 4.17. The lowest BCUT2D eigenvalue weighted by Gasteiger charge is -2.14. The molecule has 1 unspecified atom stereocenters. The van der Waals surface area contributed by atoms with Gasteiger partial charge in [0.05, 0.1) is 6.54 Å². The Balaban J connectivity index is 2.52. The number of rotatable bonds is 1. The molecular formula is C6H11F2N. The fraction of sp³-hybridized carbons (Fsp3) is 1.00. The molecule has 1 atom stereocenters. The number of nitrogens with one attached hydrogen (secondary N) is 1. The first-order valence-corrected chi connectivity index (χ1v) is 3.25. The standard InChI is InChI=1S/C6H11F2N/c1-2-5-3-9-4-6(5,7)8/h5,9H,2-4H2,1H3. The lowest BCUT2D eigenvalue weighted by molar-refractivity contribution is -0.0226. The molecule has 0 spiro atoms. The monoisotopic (exact) mass is 135 g/mol. The van der Waals surface area contributed by atoms with Gasteiger partial charge in [0.15, 0.2) is 0 Å². The van der Waals surface area contributed by atoms with Gasteiger partial charge in [0.1, 0.15) is 0 Å². The normalized spacial score (nSPS) is 33.0. The van der Waals surface area contributed by atoms with E-state index in [0.29, 0.717) is 13.0 Å². The van der Waals surface area contributed by atoms with Gasteiger partial charge in [-0.05, 0) is 6.42 Å². The smallest absolute Gasteiger partial charge is 0.264 e. The molecule has 1 aliphatic rings. The minimum atomic E-state index is -2.45. The lowest BCUT2D eigenvalue weighted by atomic mass is 10.0. The summed E-state index contributed by atoms with van der Waals surface area (Å²) in [5.41, 5.74) is 0. The van der Waals surface area contributed by atoms with Gasteiger partial charge in [0, 0.05) is 12.5 Å². The van der Waals surface area contributed by atoms with E-state index in [4.69, 9.17) is 0 Å². The van der Waals surface area contributed by atoms with Crippen LogP contribution in [0, 0.1) is 5.92 Å². The van der Waals surface area contributed by atoms with Crippen molar-refractivity contribution in [2.24, 2.45) is 5.92 Å². The average molecular weight is 135 g/mol. The molecule has 1 N–H and O–H groups in total. The molecule has 1 heterocycles. The van der Waals surface area contributed by atoms with E-state index in [9.17, 15) is 8.78 Å². The topological polar surface area (TPSA) is 12.0 Å². The maximum absolute atomic E-state index is 12.5. The largest absolute Gasteiger partial charge is 0.311 e. The molecule has 0 radical (unpaired) electrons. The van der Waals surface area contributed by atoms with Gasteiger partial charge in [-0.15, -0.1) is 0 Å². The molecule has 0 aliphatic carbocycles. The van der Waals surface area contributed by atoms with Crippen LogP contribution in [0.1, 0.15) is 13.3 Å². The van der Waals surface area contributed by atoms with E-state index < -0.39 is 11.8 Å². The third kappa shape index (κ3) is 1.21. The third-order valence-corrected chi connectivity index (χ3v) is 1.84. The van der Waals surface area contributed by atoms with Crippen LogP contribution in [0.5, 0.6) is 0 Å². The zero-order valence-electron chi connectivity index (χ0n) is 5.45. The minimum Gasteiger partial charge on any atom is -0.311 e. The Morgan fingerprint density at radius 3 is 2.56 bits per heavy atom. The quantitative estimate of drug-likeness (QED) is 0.570. The molecule has 0 aromatic heterocycles. The Morgan fingerprint density at radius 2 is 2.33 bits per heavy atom. The van der Waals surface area contributed by atoms with Crippen LogP contribution in [0.15, 0.2) is 0 Å². The van der Waals surface area contributed by atoms with Crippen molar-refractivity contribution in [2.75, 3.05) is 13.1 Å². The van der Waals surface area contributed by atoms with Crippen molar-refractivity contribution < 1.29 is 8.78 Å². The van der Waals surface area contributed by atoms with Gasteiger partial charge >= 0.3 is 0 Å². The summed E-state index contributed by atoms with van der Waals surface area (Å²) in [6, 6.07) is 0. The van der Waals surface area contributed by atoms with Gasteiger partial charge in [-0.3, -0.25) is 0 Å². The number of alkyl halides is 2. The summed E-state index contributed by atoms with van der Waals surface area (Å²) in [6.45, 7) is 2.14. The molecule has 1 aliphatic heterocycles. The molecule has 1 rings (SSSR count). The fourth-order valence-corrected chi connectivity index (χ4v) is 1.15. The van der Waals surface area contributed by atoms with Crippen molar-refractivity contribution in [3.63, 3.8) is 0 Å². The van der Waals surface area contributed by atoms with Crippen LogP contribution in [0.4, 0.5) is 8.78 Å². The van der Waals surface area contributed by atoms with Gasteiger partial charge in [0.2, 0.25) is 0 Å². The van der Waals surface area contributed by atoms with Crippen LogP contribution < -0.4 is 5.32 Å². The summed E-state index contributed by atoms with van der Waals surface area (Å²) >= 11 is 0. The van der Waals surface area contributed by atoms with Crippen molar-refractivity contribution >= 4 is 0 Å². The van der Waals surface area contributed by atoms with Crippen LogP contribution in [-0.4, -0.2) is 19.0 Å². The van der Waals surface area contributed by atoms with Crippen molar-refractivity contribution in [3.8, 4) is 0 Å². The molecule has 1 saturated heterocycles. The molecule has 3 heteroatoms. The van der Waals surface area contributed by atoms with Crippen LogP contribution in [0.3, 0.4) is 0 Å². The van der Waals surface area contributed by atoms with E-state index in [1.807, 2.05) is 0 Å². The highest BCUT2D eigenvalue weighted by Crippen LogP contribution is 2.29. The fourth-order valence-electron chi connectivity index (χ4n) is 1.15. The average Bonchev–Trinajstić information content (AvgIpc) is 2.08. The zero-order chi connectivity index (χ0) is 6.91. The van der Waals surface area contributed by atoms with Crippen LogP contribution in [0.25, 0.3) is 0 Å². The van der Waals surface area contributed by atoms with Gasteiger partial charge in [-0.1, -0.05) is 6.92 Å². The maximum atomic E-state index is 12.5. The van der Waals surface area contributed by atoms with Crippen molar-refractivity contribution in [2.45, 2.75) is 19.3 Å². The van der Waals surface area contributed by atoms with E-state index in [-0.39, 0.29) is 6.54 Å². The highest BCUT2D eigenvalue weighted by Gasteiger charge is 2.42. The summed E-state index contributed by atoms with van der Waals surface area (Å²) < 4.78 is 25.1. The van der Waals surface area contributed by atoms with E-state index in [1.165, 1.54) is 0 Å². The molecule has 0 bridgehead atoms. The summed E-state index contributed by atoms with van der Waals surface area (Å²) in [6.07, 6.45) is 0.569. The van der Waals surface area contributed by atoms with Gasteiger partial charge in [-0.2, -0.15) is 0 Å². The second kappa shape index (κ2) is 2.21. The number of halogens is 2. The highest BCUT2D eigenvalue weighted by atomic mass is 19.3. The second-order valence-electron chi connectivity index (χ2n) is 2.50. The zero-order valence-corrected chi connectivity index (χ0v) is 5.45. The molecule has 0 aromatic rings. The highest BCUT2D eigenvalue weighted by molar-refractivity contribution is 4.86. The maximum Gasteiger partial charge on any atom is 0.264 e.